The van der Waals surface area contributed by atoms with Gasteiger partial charge in [-0.05, 0) is 57.5 Å². The second-order valence-electron chi connectivity index (χ2n) is 7.07. The zero-order valence-electron chi connectivity index (χ0n) is 18.6. The van der Waals surface area contributed by atoms with E-state index in [0.717, 1.165) is 11.4 Å². The van der Waals surface area contributed by atoms with Crippen molar-refractivity contribution < 1.29 is 28.5 Å². The fourth-order valence-electron chi connectivity index (χ4n) is 3.48. The van der Waals surface area contributed by atoms with Gasteiger partial charge >= 0.3 is 5.97 Å². The van der Waals surface area contributed by atoms with Crippen LogP contribution in [0.3, 0.4) is 0 Å². The van der Waals surface area contributed by atoms with Crippen LogP contribution in [0.2, 0.25) is 0 Å². The number of carbonyl (C=O) groups is 2. The van der Waals surface area contributed by atoms with Crippen molar-refractivity contribution in [2.45, 2.75) is 33.7 Å². The highest BCUT2D eigenvalue weighted by molar-refractivity contribution is 6.00. The van der Waals surface area contributed by atoms with Crippen molar-refractivity contribution in [1.82, 2.24) is 4.57 Å². The Morgan fingerprint density at radius 2 is 1.60 bits per heavy atom. The van der Waals surface area contributed by atoms with Crippen molar-refractivity contribution >= 4 is 17.8 Å². The number of hydrogen-bond acceptors (Lipinski definition) is 6. The summed E-state index contributed by atoms with van der Waals surface area (Å²) in [6, 6.07) is 5.49. The number of methoxy groups -OCH3 is 3. The summed E-state index contributed by atoms with van der Waals surface area (Å²) >= 11 is 0. The van der Waals surface area contributed by atoms with E-state index in [1.54, 1.807) is 18.2 Å². The molecule has 0 aliphatic rings. The number of benzene rings is 1. The molecule has 0 aliphatic heterocycles. The van der Waals surface area contributed by atoms with E-state index >= 15 is 0 Å². The molecule has 0 radical (unpaired) electrons. The maximum Gasteiger partial charge on any atom is 0.331 e. The average molecular weight is 415 g/mol. The van der Waals surface area contributed by atoms with Crippen LogP contribution in [0.4, 0.5) is 0 Å². The van der Waals surface area contributed by atoms with E-state index in [9.17, 15) is 9.59 Å². The largest absolute Gasteiger partial charge is 0.493 e. The van der Waals surface area contributed by atoms with Crippen LogP contribution < -0.4 is 14.2 Å². The van der Waals surface area contributed by atoms with Gasteiger partial charge < -0.3 is 23.5 Å². The van der Waals surface area contributed by atoms with Crippen LogP contribution in [0.5, 0.6) is 17.2 Å². The van der Waals surface area contributed by atoms with Crippen molar-refractivity contribution in [3.8, 4) is 17.2 Å². The van der Waals surface area contributed by atoms with Gasteiger partial charge in [-0.1, -0.05) is 0 Å². The van der Waals surface area contributed by atoms with E-state index in [0.29, 0.717) is 28.4 Å². The molecule has 0 bridgehead atoms. The normalized spacial score (nSPS) is 11.1. The third kappa shape index (κ3) is 5.03. The number of esters is 1. The summed E-state index contributed by atoms with van der Waals surface area (Å²) in [6.45, 7) is 7.65. The second-order valence-corrected chi connectivity index (χ2v) is 7.07. The Morgan fingerprint density at radius 1 is 1.00 bits per heavy atom. The summed E-state index contributed by atoms with van der Waals surface area (Å²) in [4.78, 5) is 24.6. The van der Waals surface area contributed by atoms with Crippen LogP contribution in [0.15, 0.2) is 24.3 Å². The van der Waals surface area contributed by atoms with Crippen LogP contribution in [0, 0.1) is 13.8 Å². The summed E-state index contributed by atoms with van der Waals surface area (Å²) in [5, 5.41) is 0. The molecule has 2 rings (SSSR count). The van der Waals surface area contributed by atoms with Gasteiger partial charge in [0.2, 0.25) is 11.5 Å². The first kappa shape index (κ1) is 23.1. The minimum atomic E-state index is -0.616. The molecule has 0 N–H and O–H groups in total. The van der Waals surface area contributed by atoms with Gasteiger partial charge in [0.15, 0.2) is 18.1 Å². The highest BCUT2D eigenvalue weighted by Gasteiger charge is 2.18. The SMILES string of the molecule is COc1cc(/C=C/C(=O)OCC(=O)c2cc(C)n(C(C)C)c2C)cc(OC)c1OC. The Balaban J connectivity index is 2.07. The Bertz CT molecular complexity index is 930. The van der Waals surface area contributed by atoms with Gasteiger partial charge in [-0.3, -0.25) is 4.79 Å². The molecule has 0 aliphatic carbocycles. The van der Waals surface area contributed by atoms with E-state index in [1.165, 1.54) is 27.4 Å². The van der Waals surface area contributed by atoms with Crippen molar-refractivity contribution in [1.29, 1.82) is 0 Å². The lowest BCUT2D eigenvalue weighted by Gasteiger charge is -2.13. The number of rotatable bonds is 9. The zero-order chi connectivity index (χ0) is 22.4. The van der Waals surface area contributed by atoms with Crippen molar-refractivity contribution in [2.75, 3.05) is 27.9 Å². The molecule has 2 aromatic rings. The molecule has 0 spiro atoms. The summed E-state index contributed by atoms with van der Waals surface area (Å²) in [6.07, 6.45) is 2.81. The van der Waals surface area contributed by atoms with Gasteiger partial charge in [0.05, 0.1) is 21.3 Å². The molecule has 1 heterocycles. The first-order valence-electron chi connectivity index (χ1n) is 9.59. The quantitative estimate of drug-likeness (QED) is 0.348. The standard InChI is InChI=1S/C23H29NO6/c1-14(2)24-15(3)10-18(16(24)4)19(25)13-30-22(26)9-8-17-11-20(27-5)23(29-7)21(12-17)28-6/h8-12,14H,13H2,1-7H3/b9-8+. The summed E-state index contributed by atoms with van der Waals surface area (Å²) in [5.74, 6) is 0.560. The Hall–Kier alpha value is -3.22. The van der Waals surface area contributed by atoms with Crippen LogP contribution in [-0.2, 0) is 9.53 Å². The molecule has 0 atom stereocenters. The number of nitrogens with zero attached hydrogens (tertiary/aromatic N) is 1. The minimum Gasteiger partial charge on any atom is -0.493 e. The van der Waals surface area contributed by atoms with Gasteiger partial charge in [-0.15, -0.1) is 0 Å². The lowest BCUT2D eigenvalue weighted by Crippen LogP contribution is -2.14. The molecular weight excluding hydrogens is 386 g/mol. The maximum absolute atomic E-state index is 12.5. The molecule has 0 amide bonds. The van der Waals surface area contributed by atoms with E-state index in [4.69, 9.17) is 18.9 Å². The first-order valence-corrected chi connectivity index (χ1v) is 9.59. The molecule has 1 aromatic heterocycles. The monoisotopic (exact) mass is 415 g/mol. The molecule has 30 heavy (non-hydrogen) atoms. The lowest BCUT2D eigenvalue weighted by atomic mass is 10.1. The highest BCUT2D eigenvalue weighted by Crippen LogP contribution is 2.38. The molecule has 0 unspecified atom stereocenters. The van der Waals surface area contributed by atoms with Crippen LogP contribution >= 0.6 is 0 Å². The topological polar surface area (TPSA) is 76.0 Å². The predicted molar refractivity (Wildman–Crippen MR) is 115 cm³/mol. The van der Waals surface area contributed by atoms with Gasteiger partial charge in [0.1, 0.15) is 0 Å². The van der Waals surface area contributed by atoms with E-state index < -0.39 is 5.97 Å². The van der Waals surface area contributed by atoms with Crippen molar-refractivity contribution in [3.05, 3.63) is 46.8 Å². The van der Waals surface area contributed by atoms with Crippen LogP contribution in [0.25, 0.3) is 6.08 Å². The molecule has 0 saturated heterocycles. The highest BCUT2D eigenvalue weighted by atomic mass is 16.5. The molecule has 7 nitrogen and oxygen atoms in total. The van der Waals surface area contributed by atoms with Crippen LogP contribution in [0.1, 0.15) is 47.2 Å². The summed E-state index contributed by atoms with van der Waals surface area (Å²) in [7, 11) is 4.55. The summed E-state index contributed by atoms with van der Waals surface area (Å²) < 4.78 is 23.1. The smallest absolute Gasteiger partial charge is 0.331 e. The number of aryl methyl sites for hydroxylation is 1. The fourth-order valence-corrected chi connectivity index (χ4v) is 3.48. The Labute approximate surface area is 177 Å². The predicted octanol–water partition coefficient (Wildman–Crippen LogP) is 4.15. The summed E-state index contributed by atoms with van der Waals surface area (Å²) in [5.41, 5.74) is 3.10. The number of aromatic nitrogens is 1. The molecule has 1 aromatic carbocycles. The van der Waals surface area contributed by atoms with E-state index in [1.807, 2.05) is 19.9 Å². The van der Waals surface area contributed by atoms with Crippen molar-refractivity contribution in [2.24, 2.45) is 0 Å². The maximum atomic E-state index is 12.5. The third-order valence-corrected chi connectivity index (χ3v) is 4.75. The van der Waals surface area contributed by atoms with Gasteiger partial charge in [-0.25, -0.2) is 4.79 Å². The molecule has 162 valence electrons. The average Bonchev–Trinajstić information content (AvgIpc) is 3.03. The Morgan fingerprint density at radius 3 is 2.07 bits per heavy atom. The van der Waals surface area contributed by atoms with Gasteiger partial charge in [-0.2, -0.15) is 0 Å². The molecule has 0 fully saturated rings. The van der Waals surface area contributed by atoms with E-state index in [-0.39, 0.29) is 18.4 Å². The number of hydrogen-bond donors (Lipinski definition) is 0. The number of ether oxygens (including phenoxy) is 4. The van der Waals surface area contributed by atoms with E-state index in [2.05, 4.69) is 18.4 Å². The molecule has 7 heteroatoms. The van der Waals surface area contributed by atoms with Gasteiger partial charge in [0.25, 0.3) is 0 Å². The fraction of sp³-hybridized carbons (Fsp3) is 0.391. The molecule has 0 saturated carbocycles. The van der Waals surface area contributed by atoms with Gasteiger partial charge in [0, 0.05) is 29.1 Å². The zero-order valence-corrected chi connectivity index (χ0v) is 18.6. The minimum absolute atomic E-state index is 0.232. The lowest BCUT2D eigenvalue weighted by molar-refractivity contribution is -0.136. The van der Waals surface area contributed by atoms with Crippen molar-refractivity contribution in [3.63, 3.8) is 0 Å². The second kappa shape index (κ2) is 10.0. The van der Waals surface area contributed by atoms with Crippen LogP contribution in [-0.4, -0.2) is 44.3 Å². The third-order valence-electron chi connectivity index (χ3n) is 4.75. The molecular formula is C23H29NO6. The first-order chi connectivity index (χ1) is 14.2. The number of Topliss-reactive ketones (excluding diaryl/α,β-unsaturated/α-hetero) is 1. The Kier molecular flexibility index (Phi) is 7.69. The number of ketones is 1. The number of carbonyl (C=O) groups excluding carboxylic acids is 2.